The lowest BCUT2D eigenvalue weighted by atomic mass is 10.3. The molecular formula is C16H22N4O5S. The summed E-state index contributed by atoms with van der Waals surface area (Å²) in [6.07, 6.45) is 3.69. The van der Waals surface area contributed by atoms with Crippen molar-refractivity contribution < 1.29 is 22.4 Å². The summed E-state index contributed by atoms with van der Waals surface area (Å²) in [5.41, 5.74) is 0. The average Bonchev–Trinajstić information content (AvgIpc) is 3.19. The molecule has 0 aliphatic carbocycles. The van der Waals surface area contributed by atoms with E-state index in [1.54, 1.807) is 23.7 Å². The van der Waals surface area contributed by atoms with Crippen molar-refractivity contribution in [2.75, 3.05) is 33.3 Å². The summed E-state index contributed by atoms with van der Waals surface area (Å²) in [7, 11) is -0.541. The van der Waals surface area contributed by atoms with E-state index in [-0.39, 0.29) is 10.8 Å². The zero-order valence-electron chi connectivity index (χ0n) is 14.8. The number of rotatable bonds is 5. The second-order valence-corrected chi connectivity index (χ2v) is 8.05. The SMILES string of the molecule is COC(=O)c1ccc(CN2CCCN(S(=O)(=O)c3cn(C)cn3)CC2)o1. The highest BCUT2D eigenvalue weighted by molar-refractivity contribution is 7.89. The van der Waals surface area contributed by atoms with Crippen molar-refractivity contribution in [1.29, 1.82) is 0 Å². The number of carbonyl (C=O) groups is 1. The molecule has 0 spiro atoms. The molecule has 1 saturated heterocycles. The molecule has 0 unspecified atom stereocenters. The third-order valence-corrected chi connectivity index (χ3v) is 6.04. The van der Waals surface area contributed by atoms with Crippen molar-refractivity contribution in [3.63, 3.8) is 0 Å². The van der Waals surface area contributed by atoms with Gasteiger partial charge in [-0.15, -0.1) is 0 Å². The first-order valence-corrected chi connectivity index (χ1v) is 9.71. The van der Waals surface area contributed by atoms with E-state index in [2.05, 4.69) is 14.6 Å². The fraction of sp³-hybridized carbons (Fsp3) is 0.500. The predicted molar refractivity (Wildman–Crippen MR) is 91.9 cm³/mol. The fourth-order valence-electron chi connectivity index (χ4n) is 2.89. The Labute approximate surface area is 152 Å². The molecule has 0 atom stereocenters. The minimum Gasteiger partial charge on any atom is -0.463 e. The van der Waals surface area contributed by atoms with Crippen LogP contribution >= 0.6 is 0 Å². The van der Waals surface area contributed by atoms with Crippen molar-refractivity contribution in [2.24, 2.45) is 7.05 Å². The van der Waals surface area contributed by atoms with Crippen LogP contribution in [0.2, 0.25) is 0 Å². The highest BCUT2D eigenvalue weighted by atomic mass is 32.2. The quantitative estimate of drug-likeness (QED) is 0.702. The minimum absolute atomic E-state index is 0.0715. The van der Waals surface area contributed by atoms with Gasteiger partial charge in [0.1, 0.15) is 5.76 Å². The third kappa shape index (κ3) is 3.97. The van der Waals surface area contributed by atoms with Crippen molar-refractivity contribution >= 4 is 16.0 Å². The van der Waals surface area contributed by atoms with E-state index in [1.807, 2.05) is 0 Å². The predicted octanol–water partition coefficient (Wildman–Crippen LogP) is 0.696. The van der Waals surface area contributed by atoms with Gasteiger partial charge in [-0.3, -0.25) is 4.90 Å². The van der Waals surface area contributed by atoms with Gasteiger partial charge in [-0.2, -0.15) is 4.31 Å². The van der Waals surface area contributed by atoms with Gasteiger partial charge in [0, 0.05) is 32.9 Å². The lowest BCUT2D eigenvalue weighted by Crippen LogP contribution is -2.35. The van der Waals surface area contributed by atoms with Crippen LogP contribution in [0, 0.1) is 0 Å². The van der Waals surface area contributed by atoms with Crippen molar-refractivity contribution in [3.8, 4) is 0 Å². The smallest absolute Gasteiger partial charge is 0.373 e. The van der Waals surface area contributed by atoms with Gasteiger partial charge in [-0.25, -0.2) is 18.2 Å². The zero-order chi connectivity index (χ0) is 18.7. The number of sulfonamides is 1. The van der Waals surface area contributed by atoms with Crippen molar-refractivity contribution in [1.82, 2.24) is 18.8 Å². The van der Waals surface area contributed by atoms with Crippen LogP contribution in [0.1, 0.15) is 22.7 Å². The summed E-state index contributed by atoms with van der Waals surface area (Å²) in [6, 6.07) is 3.32. The number of nitrogens with zero attached hydrogens (tertiary/aromatic N) is 4. The normalized spacial score (nSPS) is 17.2. The first-order valence-electron chi connectivity index (χ1n) is 8.27. The van der Waals surface area contributed by atoms with Gasteiger partial charge in [0.15, 0.2) is 5.03 Å². The van der Waals surface area contributed by atoms with E-state index < -0.39 is 16.0 Å². The highest BCUT2D eigenvalue weighted by Crippen LogP contribution is 2.18. The Morgan fingerprint density at radius 2 is 2.08 bits per heavy atom. The summed E-state index contributed by atoms with van der Waals surface area (Å²) >= 11 is 0. The largest absolute Gasteiger partial charge is 0.463 e. The van der Waals surface area contributed by atoms with E-state index in [1.165, 1.54) is 23.9 Å². The number of imidazole rings is 1. The summed E-state index contributed by atoms with van der Waals surface area (Å²) in [4.78, 5) is 17.5. The fourth-order valence-corrected chi connectivity index (χ4v) is 4.33. The van der Waals surface area contributed by atoms with Crippen LogP contribution in [0.3, 0.4) is 0 Å². The van der Waals surface area contributed by atoms with Gasteiger partial charge in [0.25, 0.3) is 10.0 Å². The molecule has 9 nitrogen and oxygen atoms in total. The van der Waals surface area contributed by atoms with Crippen LogP contribution in [0.15, 0.2) is 34.1 Å². The minimum atomic E-state index is -3.58. The van der Waals surface area contributed by atoms with Crippen LogP contribution in [0.25, 0.3) is 0 Å². The number of furan rings is 1. The molecule has 1 fully saturated rings. The Balaban J connectivity index is 1.63. The number of methoxy groups -OCH3 is 1. The van der Waals surface area contributed by atoms with Gasteiger partial charge in [0.05, 0.1) is 20.0 Å². The summed E-state index contributed by atoms with van der Waals surface area (Å²) in [6.45, 7) is 2.64. The zero-order valence-corrected chi connectivity index (χ0v) is 15.6. The number of esters is 1. The van der Waals surface area contributed by atoms with Crippen molar-refractivity contribution in [2.45, 2.75) is 18.0 Å². The van der Waals surface area contributed by atoms with Gasteiger partial charge in [-0.1, -0.05) is 0 Å². The summed E-state index contributed by atoms with van der Waals surface area (Å²) in [5, 5.41) is 0.0715. The second kappa shape index (κ2) is 7.60. The van der Waals surface area contributed by atoms with E-state index in [0.717, 1.165) is 6.54 Å². The van der Waals surface area contributed by atoms with Crippen LogP contribution in [-0.4, -0.2) is 66.4 Å². The Bertz CT molecular complexity index is 873. The second-order valence-electron chi connectivity index (χ2n) is 6.17. The molecule has 3 rings (SSSR count). The number of hydrogen-bond acceptors (Lipinski definition) is 7. The Morgan fingerprint density at radius 1 is 1.27 bits per heavy atom. The molecule has 0 amide bonds. The maximum atomic E-state index is 12.7. The van der Waals surface area contributed by atoms with E-state index >= 15 is 0 Å². The molecular weight excluding hydrogens is 360 g/mol. The highest BCUT2D eigenvalue weighted by Gasteiger charge is 2.29. The molecule has 0 bridgehead atoms. The molecule has 3 heterocycles. The van der Waals surface area contributed by atoms with Crippen LogP contribution in [-0.2, 0) is 28.4 Å². The number of aryl methyl sites for hydroxylation is 1. The molecule has 142 valence electrons. The number of carbonyl (C=O) groups excluding carboxylic acids is 1. The van der Waals surface area contributed by atoms with Gasteiger partial charge >= 0.3 is 5.97 Å². The maximum absolute atomic E-state index is 12.7. The van der Waals surface area contributed by atoms with Gasteiger partial charge < -0.3 is 13.7 Å². The first-order chi connectivity index (χ1) is 12.4. The van der Waals surface area contributed by atoms with E-state index in [4.69, 9.17) is 4.42 Å². The van der Waals surface area contributed by atoms with Crippen LogP contribution < -0.4 is 0 Å². The summed E-state index contributed by atoms with van der Waals surface area (Å²) in [5.74, 6) is 0.294. The molecule has 2 aromatic heterocycles. The Morgan fingerprint density at radius 3 is 2.77 bits per heavy atom. The molecule has 1 aliphatic heterocycles. The number of aromatic nitrogens is 2. The summed E-state index contributed by atoms with van der Waals surface area (Å²) < 4.78 is 38.6. The molecule has 0 N–H and O–H groups in total. The van der Waals surface area contributed by atoms with Crippen molar-refractivity contribution in [3.05, 3.63) is 36.2 Å². The topological polar surface area (TPSA) is 97.9 Å². The van der Waals surface area contributed by atoms with E-state index in [9.17, 15) is 13.2 Å². The molecule has 10 heteroatoms. The standard InChI is InChI=1S/C16H22N4O5S/c1-18-11-15(17-12-18)26(22,23)20-7-3-6-19(8-9-20)10-13-4-5-14(25-13)16(21)24-2/h4-5,11-12H,3,6-10H2,1-2H3. The Hall–Kier alpha value is -2.17. The monoisotopic (exact) mass is 382 g/mol. The molecule has 26 heavy (non-hydrogen) atoms. The molecule has 0 aromatic carbocycles. The number of ether oxygens (including phenoxy) is 1. The lowest BCUT2D eigenvalue weighted by Gasteiger charge is -2.20. The Kier molecular flexibility index (Phi) is 5.44. The van der Waals surface area contributed by atoms with Crippen LogP contribution in [0.5, 0.6) is 0 Å². The average molecular weight is 382 g/mol. The first kappa shape index (κ1) is 18.6. The van der Waals surface area contributed by atoms with Crippen LogP contribution in [0.4, 0.5) is 0 Å². The molecule has 0 radical (unpaired) electrons. The molecule has 2 aromatic rings. The molecule has 1 aliphatic rings. The maximum Gasteiger partial charge on any atom is 0.373 e. The van der Waals surface area contributed by atoms with E-state index in [0.29, 0.717) is 38.4 Å². The third-order valence-electron chi connectivity index (χ3n) is 4.26. The van der Waals surface area contributed by atoms with Gasteiger partial charge in [0.2, 0.25) is 5.76 Å². The molecule has 0 saturated carbocycles. The lowest BCUT2D eigenvalue weighted by molar-refractivity contribution is 0.0561. The number of hydrogen-bond donors (Lipinski definition) is 0. The van der Waals surface area contributed by atoms with Gasteiger partial charge in [-0.05, 0) is 25.1 Å².